The van der Waals surface area contributed by atoms with Crippen molar-refractivity contribution in [3.05, 3.63) is 89.2 Å². The smallest absolute Gasteiger partial charge is 0.253 e. The highest BCUT2D eigenvalue weighted by Gasteiger charge is 2.22. The van der Waals surface area contributed by atoms with E-state index in [1.165, 1.54) is 6.07 Å². The summed E-state index contributed by atoms with van der Waals surface area (Å²) in [6, 6.07) is 20.2. The van der Waals surface area contributed by atoms with Gasteiger partial charge < -0.3 is 4.90 Å². The number of rotatable bonds is 5. The Morgan fingerprint density at radius 2 is 1.66 bits per heavy atom. The van der Waals surface area contributed by atoms with Crippen molar-refractivity contribution in [2.24, 2.45) is 4.99 Å². The lowest BCUT2D eigenvalue weighted by atomic mass is 10.0. The maximum atomic E-state index is 14.7. The molecule has 1 aliphatic heterocycles. The molecule has 1 amide bonds. The Morgan fingerprint density at radius 3 is 2.38 bits per heavy atom. The van der Waals surface area contributed by atoms with Gasteiger partial charge in [0, 0.05) is 40.1 Å². The number of halogens is 1. The molecule has 3 aromatic carbocycles. The Balaban J connectivity index is 0.00000141. The molecule has 0 spiro atoms. The molecule has 0 N–H and O–H groups in total. The van der Waals surface area contributed by atoms with E-state index < -0.39 is 0 Å². The summed E-state index contributed by atoms with van der Waals surface area (Å²) in [5.41, 5.74) is 3.20. The Bertz CT molecular complexity index is 1130. The van der Waals surface area contributed by atoms with Crippen LogP contribution in [0.5, 0.6) is 0 Å². The van der Waals surface area contributed by atoms with Crippen molar-refractivity contribution in [1.29, 1.82) is 0 Å². The third kappa shape index (κ3) is 5.10. The first-order valence-corrected chi connectivity index (χ1v) is 11.9. The fourth-order valence-corrected chi connectivity index (χ4v) is 4.45. The van der Waals surface area contributed by atoms with E-state index in [2.05, 4.69) is 6.92 Å². The topological polar surface area (TPSA) is 32.7 Å². The van der Waals surface area contributed by atoms with Gasteiger partial charge in [-0.25, -0.2) is 9.38 Å². The first kappa shape index (κ1) is 23.7. The number of fused-ring (bicyclic) bond motifs is 2. The number of hydrogen-bond acceptors (Lipinski definition) is 3. The van der Waals surface area contributed by atoms with Crippen LogP contribution in [0.15, 0.2) is 81.5 Å². The second-order valence-electron chi connectivity index (χ2n) is 7.30. The van der Waals surface area contributed by atoms with Gasteiger partial charge in [-0.05, 0) is 42.8 Å². The standard InChI is InChI=1S/C25H23FN2OS.C2H6/c1-3-4-15-28(2)25(29)17-13-14-23-21(16-17)27-24(18-9-5-7-11-20(18)26)19-10-6-8-12-22(19)30-23;1-2/h5-14,16H,3-4,15H2,1-2H3;1-2H3. The molecule has 3 nitrogen and oxygen atoms in total. The summed E-state index contributed by atoms with van der Waals surface area (Å²) in [6.07, 6.45) is 2.00. The molecule has 0 saturated heterocycles. The molecule has 4 rings (SSSR count). The van der Waals surface area contributed by atoms with E-state index in [1.54, 1.807) is 28.8 Å². The summed E-state index contributed by atoms with van der Waals surface area (Å²) in [6.45, 7) is 6.82. The van der Waals surface area contributed by atoms with Crippen LogP contribution in [-0.2, 0) is 0 Å². The lowest BCUT2D eigenvalue weighted by molar-refractivity contribution is 0.0793. The third-order valence-electron chi connectivity index (χ3n) is 5.12. The van der Waals surface area contributed by atoms with Crippen molar-refractivity contribution in [3.63, 3.8) is 0 Å². The summed E-state index contributed by atoms with van der Waals surface area (Å²) in [5.74, 6) is -0.341. The second-order valence-corrected chi connectivity index (χ2v) is 8.39. The predicted octanol–water partition coefficient (Wildman–Crippen LogP) is 7.36. The lowest BCUT2D eigenvalue weighted by Gasteiger charge is -2.17. The monoisotopic (exact) mass is 448 g/mol. The van der Waals surface area contributed by atoms with E-state index in [1.807, 2.05) is 69.4 Å². The highest BCUT2D eigenvalue weighted by Crippen LogP contribution is 2.41. The molecule has 0 bridgehead atoms. The molecule has 0 unspecified atom stereocenters. The largest absolute Gasteiger partial charge is 0.342 e. The highest BCUT2D eigenvalue weighted by molar-refractivity contribution is 7.99. The summed E-state index contributed by atoms with van der Waals surface area (Å²) < 4.78 is 14.7. The number of amides is 1. The Kier molecular flexibility index (Phi) is 8.23. The van der Waals surface area contributed by atoms with Gasteiger partial charge in [-0.2, -0.15) is 0 Å². The van der Waals surface area contributed by atoms with E-state index in [4.69, 9.17) is 4.99 Å². The van der Waals surface area contributed by atoms with Gasteiger partial charge in [0.25, 0.3) is 5.91 Å². The van der Waals surface area contributed by atoms with Gasteiger partial charge in [-0.3, -0.25) is 4.79 Å². The quantitative estimate of drug-likeness (QED) is 0.319. The van der Waals surface area contributed by atoms with Crippen molar-refractivity contribution in [2.75, 3.05) is 13.6 Å². The molecule has 1 heterocycles. The molecular weight excluding hydrogens is 419 g/mol. The number of aliphatic imine (C=N–C) groups is 1. The highest BCUT2D eigenvalue weighted by atomic mass is 32.2. The zero-order chi connectivity index (χ0) is 23.1. The molecule has 0 atom stereocenters. The van der Waals surface area contributed by atoms with Gasteiger partial charge in [0.2, 0.25) is 0 Å². The summed E-state index contributed by atoms with van der Waals surface area (Å²) in [5, 5.41) is 0. The van der Waals surface area contributed by atoms with Gasteiger partial charge in [0.15, 0.2) is 0 Å². The molecule has 0 fully saturated rings. The van der Waals surface area contributed by atoms with Crippen LogP contribution < -0.4 is 0 Å². The molecule has 166 valence electrons. The van der Waals surface area contributed by atoms with E-state index >= 15 is 0 Å². The minimum atomic E-state index is -0.314. The summed E-state index contributed by atoms with van der Waals surface area (Å²) in [4.78, 5) is 21.4. The van der Waals surface area contributed by atoms with Crippen LogP contribution in [0.1, 0.15) is 55.1 Å². The van der Waals surface area contributed by atoms with Crippen molar-refractivity contribution in [2.45, 2.75) is 43.4 Å². The van der Waals surface area contributed by atoms with Crippen molar-refractivity contribution >= 4 is 29.1 Å². The normalized spacial score (nSPS) is 11.8. The molecule has 3 aromatic rings. The number of unbranched alkanes of at least 4 members (excludes halogenated alkanes) is 1. The second kappa shape index (κ2) is 11.1. The predicted molar refractivity (Wildman–Crippen MR) is 132 cm³/mol. The average Bonchev–Trinajstić information content (AvgIpc) is 3.00. The SMILES string of the molecule is CC.CCCCN(C)C(=O)c1ccc2c(c1)N=C(c1ccccc1F)c1ccccc1S2. The summed E-state index contributed by atoms with van der Waals surface area (Å²) in [7, 11) is 1.82. The maximum absolute atomic E-state index is 14.7. The van der Waals surface area contributed by atoms with Crippen LogP contribution in [0.25, 0.3) is 0 Å². The zero-order valence-corrected chi connectivity index (χ0v) is 19.9. The van der Waals surface area contributed by atoms with Gasteiger partial charge in [0.05, 0.1) is 11.4 Å². The fraction of sp³-hybridized carbons (Fsp3) is 0.259. The first-order valence-electron chi connectivity index (χ1n) is 11.1. The summed E-state index contributed by atoms with van der Waals surface area (Å²) >= 11 is 1.59. The first-order chi connectivity index (χ1) is 15.6. The Hall–Kier alpha value is -2.92. The number of carbonyl (C=O) groups excluding carboxylic acids is 1. The van der Waals surface area contributed by atoms with Gasteiger partial charge >= 0.3 is 0 Å². The minimum Gasteiger partial charge on any atom is -0.342 e. The van der Waals surface area contributed by atoms with Crippen molar-refractivity contribution < 1.29 is 9.18 Å². The van der Waals surface area contributed by atoms with Crippen molar-refractivity contribution in [1.82, 2.24) is 4.90 Å². The van der Waals surface area contributed by atoms with Crippen LogP contribution in [0, 0.1) is 5.82 Å². The molecule has 0 saturated carbocycles. The lowest BCUT2D eigenvalue weighted by Crippen LogP contribution is -2.27. The number of benzene rings is 3. The Labute approximate surface area is 194 Å². The molecule has 0 radical (unpaired) electrons. The van der Waals surface area contributed by atoms with E-state index in [-0.39, 0.29) is 11.7 Å². The van der Waals surface area contributed by atoms with Gasteiger partial charge in [-0.1, -0.05) is 69.3 Å². The van der Waals surface area contributed by atoms with Crippen molar-refractivity contribution in [3.8, 4) is 0 Å². The molecule has 5 heteroatoms. The molecule has 0 aliphatic carbocycles. The van der Waals surface area contributed by atoms with Crippen LogP contribution in [-0.4, -0.2) is 30.1 Å². The average molecular weight is 449 g/mol. The van der Waals surface area contributed by atoms with E-state index in [9.17, 15) is 9.18 Å². The van der Waals surface area contributed by atoms with E-state index in [0.29, 0.717) is 22.5 Å². The minimum absolute atomic E-state index is 0.0272. The van der Waals surface area contributed by atoms with E-state index in [0.717, 1.165) is 34.7 Å². The molecule has 1 aliphatic rings. The molecule has 32 heavy (non-hydrogen) atoms. The van der Waals surface area contributed by atoms with Crippen LogP contribution in [0.3, 0.4) is 0 Å². The number of carbonyl (C=O) groups is 1. The zero-order valence-electron chi connectivity index (χ0n) is 19.1. The number of nitrogens with zero attached hydrogens (tertiary/aromatic N) is 2. The number of hydrogen-bond donors (Lipinski definition) is 0. The third-order valence-corrected chi connectivity index (χ3v) is 6.26. The van der Waals surface area contributed by atoms with Crippen LogP contribution >= 0.6 is 11.8 Å². The fourth-order valence-electron chi connectivity index (χ4n) is 3.45. The maximum Gasteiger partial charge on any atom is 0.253 e. The van der Waals surface area contributed by atoms with Crippen LogP contribution in [0.2, 0.25) is 0 Å². The van der Waals surface area contributed by atoms with Crippen LogP contribution in [0.4, 0.5) is 10.1 Å². The molecular formula is C27H29FN2OS. The Morgan fingerprint density at radius 1 is 0.969 bits per heavy atom. The molecule has 0 aromatic heterocycles. The van der Waals surface area contributed by atoms with Gasteiger partial charge in [0.1, 0.15) is 5.82 Å². The van der Waals surface area contributed by atoms with Gasteiger partial charge in [-0.15, -0.1) is 0 Å².